The van der Waals surface area contributed by atoms with Gasteiger partial charge in [0.25, 0.3) is 0 Å². The summed E-state index contributed by atoms with van der Waals surface area (Å²) in [4.78, 5) is 26.6. The molecule has 0 saturated carbocycles. The van der Waals surface area contributed by atoms with Gasteiger partial charge in [-0.05, 0) is 11.1 Å². The lowest BCUT2D eigenvalue weighted by Gasteiger charge is -2.22. The zero-order chi connectivity index (χ0) is 20.5. The van der Waals surface area contributed by atoms with Crippen molar-refractivity contribution in [1.82, 2.24) is 4.90 Å². The van der Waals surface area contributed by atoms with Crippen LogP contribution in [-0.2, 0) is 22.6 Å². The first-order chi connectivity index (χ1) is 14.1. The van der Waals surface area contributed by atoms with Crippen LogP contribution in [0.15, 0.2) is 103 Å². The number of nitrogens with zero attached hydrogens (tertiary/aromatic N) is 1. The number of allylic oxidation sites excluding steroid dienone is 1. The molecule has 3 aromatic carbocycles. The highest BCUT2D eigenvalue weighted by Crippen LogP contribution is 2.16. The number of carbonyl (C=O) groups is 2. The van der Waals surface area contributed by atoms with Crippen LogP contribution in [0, 0.1) is 0 Å². The Labute approximate surface area is 171 Å². The molecule has 0 N–H and O–H groups in total. The van der Waals surface area contributed by atoms with Crippen LogP contribution in [0.4, 0.5) is 0 Å². The smallest absolute Gasteiger partial charge is 0.308 e. The zero-order valence-corrected chi connectivity index (χ0v) is 16.3. The van der Waals surface area contributed by atoms with Crippen LogP contribution in [0.2, 0.25) is 0 Å². The predicted molar refractivity (Wildman–Crippen MR) is 113 cm³/mol. The molecule has 0 radical (unpaired) electrons. The molecule has 29 heavy (non-hydrogen) atoms. The number of benzene rings is 3. The summed E-state index contributed by atoms with van der Waals surface area (Å²) >= 11 is 0. The topological polar surface area (TPSA) is 46.6 Å². The molecule has 146 valence electrons. The van der Waals surface area contributed by atoms with E-state index < -0.39 is 5.97 Å². The summed E-state index contributed by atoms with van der Waals surface area (Å²) in [6.45, 7) is 2.44. The lowest BCUT2D eigenvalue weighted by atomic mass is 10.1. The molecule has 0 amide bonds. The van der Waals surface area contributed by atoms with Crippen molar-refractivity contribution in [1.29, 1.82) is 0 Å². The van der Waals surface area contributed by atoms with Crippen molar-refractivity contribution in [2.24, 2.45) is 0 Å². The fourth-order valence-corrected chi connectivity index (χ4v) is 2.97. The summed E-state index contributed by atoms with van der Waals surface area (Å²) < 4.78 is 5.30. The van der Waals surface area contributed by atoms with E-state index in [2.05, 4.69) is 0 Å². The van der Waals surface area contributed by atoms with Crippen LogP contribution in [-0.4, -0.2) is 16.7 Å². The van der Waals surface area contributed by atoms with E-state index in [0.29, 0.717) is 18.7 Å². The van der Waals surface area contributed by atoms with Gasteiger partial charge >= 0.3 is 5.97 Å². The third-order valence-electron chi connectivity index (χ3n) is 4.27. The number of esters is 1. The first-order valence-electron chi connectivity index (χ1n) is 9.43. The van der Waals surface area contributed by atoms with Gasteiger partial charge in [0.15, 0.2) is 5.76 Å². The fraction of sp³-hybridized carbons (Fsp3) is 0.120. The lowest BCUT2D eigenvalue weighted by Crippen LogP contribution is -2.20. The van der Waals surface area contributed by atoms with E-state index in [0.717, 1.165) is 11.1 Å². The van der Waals surface area contributed by atoms with Gasteiger partial charge in [-0.3, -0.25) is 9.59 Å². The summed E-state index contributed by atoms with van der Waals surface area (Å²) in [7, 11) is 0. The summed E-state index contributed by atoms with van der Waals surface area (Å²) in [5.74, 6) is -0.845. The van der Waals surface area contributed by atoms with Gasteiger partial charge in [-0.15, -0.1) is 0 Å². The summed E-state index contributed by atoms with van der Waals surface area (Å²) in [6.07, 6.45) is 1.64. The summed E-state index contributed by atoms with van der Waals surface area (Å²) in [6, 6.07) is 28.7. The molecule has 3 rings (SSSR count). The van der Waals surface area contributed by atoms with Crippen LogP contribution in [0.25, 0.3) is 0 Å². The van der Waals surface area contributed by atoms with Gasteiger partial charge in [-0.1, -0.05) is 91.0 Å². The number of ether oxygens (including phenoxy) is 1. The number of hydrogen-bond acceptors (Lipinski definition) is 4. The molecular formula is C25H23NO3. The molecule has 0 atom stereocenters. The van der Waals surface area contributed by atoms with Gasteiger partial charge in [0, 0.05) is 31.8 Å². The van der Waals surface area contributed by atoms with E-state index in [-0.39, 0.29) is 11.5 Å². The van der Waals surface area contributed by atoms with Gasteiger partial charge < -0.3 is 9.64 Å². The zero-order valence-electron chi connectivity index (χ0n) is 16.3. The molecule has 3 aromatic rings. The first-order valence-corrected chi connectivity index (χ1v) is 9.43. The Balaban J connectivity index is 1.94. The molecule has 0 saturated heterocycles. The molecular weight excluding hydrogens is 362 g/mol. The predicted octanol–water partition coefficient (Wildman–Crippen LogP) is 4.98. The Morgan fingerprint density at radius 2 is 1.21 bits per heavy atom. The van der Waals surface area contributed by atoms with Crippen molar-refractivity contribution in [3.05, 3.63) is 120 Å². The van der Waals surface area contributed by atoms with Crippen molar-refractivity contribution in [2.75, 3.05) is 0 Å². The third kappa shape index (κ3) is 6.18. The van der Waals surface area contributed by atoms with Crippen LogP contribution < -0.4 is 0 Å². The molecule has 4 heteroatoms. The van der Waals surface area contributed by atoms with E-state index in [1.54, 1.807) is 30.5 Å². The fourth-order valence-electron chi connectivity index (χ4n) is 2.97. The van der Waals surface area contributed by atoms with Crippen molar-refractivity contribution in [3.63, 3.8) is 0 Å². The van der Waals surface area contributed by atoms with Crippen LogP contribution in [0.5, 0.6) is 0 Å². The van der Waals surface area contributed by atoms with Crippen LogP contribution >= 0.6 is 0 Å². The highest BCUT2D eigenvalue weighted by molar-refractivity contribution is 6.08. The van der Waals surface area contributed by atoms with Gasteiger partial charge in [-0.25, -0.2) is 0 Å². The molecule has 0 aliphatic rings. The number of carbonyl (C=O) groups excluding carboxylic acids is 2. The molecule has 0 heterocycles. The maximum atomic E-state index is 12.9. The number of ketones is 1. The first kappa shape index (κ1) is 20.1. The molecule has 0 aliphatic heterocycles. The Hall–Kier alpha value is -3.66. The molecule has 0 bridgehead atoms. The van der Waals surface area contributed by atoms with E-state index in [1.807, 2.05) is 71.6 Å². The second kappa shape index (κ2) is 10.0. The molecule has 0 unspecified atom stereocenters. The molecule has 0 aliphatic carbocycles. The summed E-state index contributed by atoms with van der Waals surface area (Å²) in [5, 5.41) is 0. The van der Waals surface area contributed by atoms with Crippen LogP contribution in [0.1, 0.15) is 28.4 Å². The quantitative estimate of drug-likeness (QED) is 0.238. The van der Waals surface area contributed by atoms with E-state index >= 15 is 0 Å². The maximum Gasteiger partial charge on any atom is 0.308 e. The maximum absolute atomic E-state index is 12.9. The van der Waals surface area contributed by atoms with E-state index in [4.69, 9.17) is 4.74 Å². The minimum atomic E-state index is -0.528. The second-order valence-electron chi connectivity index (χ2n) is 6.66. The molecule has 0 spiro atoms. The van der Waals surface area contributed by atoms with E-state index in [1.165, 1.54) is 6.92 Å². The second-order valence-corrected chi connectivity index (χ2v) is 6.66. The van der Waals surface area contributed by atoms with Crippen LogP contribution in [0.3, 0.4) is 0 Å². The molecule has 0 aromatic heterocycles. The van der Waals surface area contributed by atoms with Gasteiger partial charge in [0.2, 0.25) is 5.78 Å². The minimum absolute atomic E-state index is 0.00978. The monoisotopic (exact) mass is 385 g/mol. The van der Waals surface area contributed by atoms with Crippen molar-refractivity contribution in [3.8, 4) is 0 Å². The normalized spacial score (nSPS) is 11.0. The Bertz CT molecular complexity index is 925. The van der Waals surface area contributed by atoms with Crippen molar-refractivity contribution < 1.29 is 14.3 Å². The number of Topliss-reactive ketones (excluding diaryl/α,β-unsaturated/α-hetero) is 1. The third-order valence-corrected chi connectivity index (χ3v) is 4.27. The minimum Gasteiger partial charge on any atom is -0.421 e. The highest BCUT2D eigenvalue weighted by atomic mass is 16.5. The van der Waals surface area contributed by atoms with Crippen molar-refractivity contribution >= 4 is 11.8 Å². The summed E-state index contributed by atoms with van der Waals surface area (Å²) in [5.41, 5.74) is 2.66. The average Bonchev–Trinajstić information content (AvgIpc) is 2.74. The average molecular weight is 385 g/mol. The Morgan fingerprint density at radius 3 is 1.66 bits per heavy atom. The Morgan fingerprint density at radius 1 is 0.759 bits per heavy atom. The Kier molecular flexibility index (Phi) is 6.95. The highest BCUT2D eigenvalue weighted by Gasteiger charge is 2.18. The van der Waals surface area contributed by atoms with Crippen molar-refractivity contribution in [2.45, 2.75) is 20.0 Å². The van der Waals surface area contributed by atoms with E-state index in [9.17, 15) is 9.59 Å². The molecule has 4 nitrogen and oxygen atoms in total. The SMILES string of the molecule is CC(=O)O/C(=C\N(Cc1ccccc1)Cc1ccccc1)C(=O)c1ccccc1. The number of hydrogen-bond donors (Lipinski definition) is 0. The standard InChI is InChI=1S/C25H23NO3/c1-20(27)29-24(25(28)23-15-9-4-10-16-23)19-26(17-21-11-5-2-6-12-21)18-22-13-7-3-8-14-22/h2-16,19H,17-18H2,1H3/b24-19-. The lowest BCUT2D eigenvalue weighted by molar-refractivity contribution is -0.136. The number of rotatable bonds is 8. The van der Waals surface area contributed by atoms with Gasteiger partial charge in [0.1, 0.15) is 0 Å². The largest absolute Gasteiger partial charge is 0.421 e. The van der Waals surface area contributed by atoms with Gasteiger partial charge in [0.05, 0.1) is 0 Å². The molecule has 0 fully saturated rings. The van der Waals surface area contributed by atoms with Gasteiger partial charge in [-0.2, -0.15) is 0 Å².